The van der Waals surface area contributed by atoms with Crippen LogP contribution in [0.25, 0.3) is 0 Å². The summed E-state index contributed by atoms with van der Waals surface area (Å²) in [6.07, 6.45) is 47.5. The third kappa shape index (κ3) is 62.6. The molecular weight excluding hydrogens is 1150 g/mol. The van der Waals surface area contributed by atoms with E-state index in [2.05, 4.69) is 34.6 Å². The largest absolute Gasteiger partial charge is 0.472 e. The number of hydrogen-bond donors (Lipinski definition) is 3. The van der Waals surface area contributed by atoms with Crippen LogP contribution in [-0.4, -0.2) is 96.7 Å². The molecule has 17 nitrogen and oxygen atoms in total. The van der Waals surface area contributed by atoms with Crippen LogP contribution in [0, 0.1) is 5.92 Å². The van der Waals surface area contributed by atoms with Crippen molar-refractivity contribution in [3.63, 3.8) is 0 Å². The maximum Gasteiger partial charge on any atom is 0.472 e. The Morgan fingerprint density at radius 3 is 0.782 bits per heavy atom. The molecule has 0 spiro atoms. The number of unbranched alkanes of at least 4 members (excludes halogenated alkanes) is 40. The first-order valence-corrected chi connectivity index (χ1v) is 38.6. The molecule has 0 bridgehead atoms. The zero-order valence-corrected chi connectivity index (χ0v) is 57.9. The predicted molar refractivity (Wildman–Crippen MR) is 349 cm³/mol. The molecule has 0 aliphatic carbocycles. The minimum Gasteiger partial charge on any atom is -0.462 e. The second-order valence-electron chi connectivity index (χ2n) is 25.0. The van der Waals surface area contributed by atoms with Gasteiger partial charge in [0.25, 0.3) is 0 Å². The fourth-order valence-electron chi connectivity index (χ4n) is 10.3. The smallest absolute Gasteiger partial charge is 0.462 e. The van der Waals surface area contributed by atoms with E-state index in [0.29, 0.717) is 25.7 Å². The summed E-state index contributed by atoms with van der Waals surface area (Å²) in [5, 5.41) is 10.5. The van der Waals surface area contributed by atoms with Gasteiger partial charge in [-0.2, -0.15) is 0 Å². The van der Waals surface area contributed by atoms with Crippen molar-refractivity contribution < 1.29 is 80.2 Å². The lowest BCUT2D eigenvalue weighted by molar-refractivity contribution is -0.161. The number of carbonyl (C=O) groups is 4. The number of aliphatic hydroxyl groups is 1. The molecule has 0 aromatic heterocycles. The number of carbonyl (C=O) groups excluding carboxylic acids is 4. The van der Waals surface area contributed by atoms with Gasteiger partial charge in [0.15, 0.2) is 12.2 Å². The summed E-state index contributed by atoms with van der Waals surface area (Å²) in [5.74, 6) is -1.36. The lowest BCUT2D eigenvalue weighted by Gasteiger charge is -2.21. The summed E-state index contributed by atoms with van der Waals surface area (Å²) >= 11 is 0. The van der Waals surface area contributed by atoms with Crippen molar-refractivity contribution in [2.75, 3.05) is 39.6 Å². The average Bonchev–Trinajstić information content (AvgIpc) is 3.70. The molecule has 2 unspecified atom stereocenters. The van der Waals surface area contributed by atoms with Gasteiger partial charge < -0.3 is 33.8 Å². The summed E-state index contributed by atoms with van der Waals surface area (Å²) in [6, 6.07) is 0. The molecule has 3 N–H and O–H groups in total. The molecule has 0 aliphatic heterocycles. The number of aliphatic hydroxyl groups excluding tert-OH is 1. The van der Waals surface area contributed by atoms with Gasteiger partial charge in [0, 0.05) is 25.7 Å². The Bertz CT molecular complexity index is 1690. The van der Waals surface area contributed by atoms with E-state index in [-0.39, 0.29) is 25.7 Å². The van der Waals surface area contributed by atoms with Crippen LogP contribution in [0.3, 0.4) is 0 Å². The Kier molecular flexibility index (Phi) is 60.2. The Morgan fingerprint density at radius 2 is 0.529 bits per heavy atom. The molecule has 0 aromatic carbocycles. The summed E-state index contributed by atoms with van der Waals surface area (Å²) in [7, 11) is -9.89. The van der Waals surface area contributed by atoms with Crippen LogP contribution in [0.5, 0.6) is 0 Å². The van der Waals surface area contributed by atoms with Crippen molar-refractivity contribution in [2.24, 2.45) is 5.92 Å². The van der Waals surface area contributed by atoms with Gasteiger partial charge in [-0.05, 0) is 31.6 Å². The molecule has 0 aromatic rings. The SMILES string of the molecule is CCCCCCCCCCCCCCCCCCC(=O)O[C@H](COC(=O)CCCCCCCCCCCCCC(C)C)COP(=O)(O)OC[C@@H](O)COP(=O)(O)OC[C@@H](COC(=O)CCCCCCC)OC(=O)CCCCCCCCCCCCCC. The standard InChI is InChI=1S/C68H132O17P2/c1-6-9-12-15-17-19-21-23-24-25-26-30-35-39-44-49-54-68(73)85-64(58-79-66(71)52-47-42-37-33-31-27-28-32-36-41-45-50-61(4)5)60-83-87(76,77)81-56-62(69)55-80-86(74,75)82-59-63(57-78-65(70)51-46-40-14-11-8-3)84-67(72)53-48-43-38-34-29-22-20-18-16-13-10-7-2/h61-64,69H,6-60H2,1-5H3,(H,74,75)(H,76,77)/t62-,63+,64+/m0/s1. The number of phosphoric ester groups is 2. The highest BCUT2D eigenvalue weighted by atomic mass is 31.2. The van der Waals surface area contributed by atoms with Gasteiger partial charge in [0.1, 0.15) is 19.3 Å². The van der Waals surface area contributed by atoms with Crippen molar-refractivity contribution in [3.05, 3.63) is 0 Å². The van der Waals surface area contributed by atoms with Gasteiger partial charge in [0.05, 0.1) is 26.4 Å². The molecule has 0 heterocycles. The first-order chi connectivity index (χ1) is 42.0. The summed E-state index contributed by atoms with van der Waals surface area (Å²) < 4.78 is 68.0. The molecular formula is C68H132O17P2. The van der Waals surface area contributed by atoms with Crippen LogP contribution in [0.15, 0.2) is 0 Å². The Morgan fingerprint density at radius 1 is 0.310 bits per heavy atom. The summed E-state index contributed by atoms with van der Waals surface area (Å²) in [4.78, 5) is 72.2. The molecule has 0 radical (unpaired) electrons. The fourth-order valence-corrected chi connectivity index (χ4v) is 11.9. The predicted octanol–water partition coefficient (Wildman–Crippen LogP) is 19.4. The third-order valence-electron chi connectivity index (χ3n) is 15.8. The molecule has 87 heavy (non-hydrogen) atoms. The quantitative estimate of drug-likeness (QED) is 0.0222. The maximum atomic E-state index is 13.0. The molecule has 0 fully saturated rings. The highest BCUT2D eigenvalue weighted by Gasteiger charge is 2.30. The third-order valence-corrected chi connectivity index (χ3v) is 17.7. The Hall–Kier alpha value is -1.94. The van der Waals surface area contributed by atoms with E-state index in [4.69, 9.17) is 37.0 Å². The number of esters is 4. The van der Waals surface area contributed by atoms with Gasteiger partial charge in [-0.3, -0.25) is 37.3 Å². The molecule has 19 heteroatoms. The van der Waals surface area contributed by atoms with Crippen molar-refractivity contribution in [1.29, 1.82) is 0 Å². The van der Waals surface area contributed by atoms with Crippen LogP contribution in [0.1, 0.15) is 349 Å². The van der Waals surface area contributed by atoms with E-state index in [1.165, 1.54) is 167 Å². The molecule has 0 amide bonds. The summed E-state index contributed by atoms with van der Waals surface area (Å²) in [6.45, 7) is 7.15. The van der Waals surface area contributed by atoms with Crippen LogP contribution in [-0.2, 0) is 65.4 Å². The summed E-state index contributed by atoms with van der Waals surface area (Å²) in [5.41, 5.74) is 0. The van der Waals surface area contributed by atoms with Gasteiger partial charge in [-0.15, -0.1) is 0 Å². The zero-order chi connectivity index (χ0) is 64.2. The van der Waals surface area contributed by atoms with Crippen LogP contribution < -0.4 is 0 Å². The van der Waals surface area contributed by atoms with E-state index in [1.54, 1.807) is 0 Å². The van der Waals surface area contributed by atoms with Crippen molar-refractivity contribution >= 4 is 39.5 Å². The number of hydrogen-bond acceptors (Lipinski definition) is 15. The lowest BCUT2D eigenvalue weighted by atomic mass is 10.0. The number of ether oxygens (including phenoxy) is 4. The van der Waals surface area contributed by atoms with Crippen molar-refractivity contribution in [1.82, 2.24) is 0 Å². The normalized spacial score (nSPS) is 14.1. The van der Waals surface area contributed by atoms with Crippen molar-refractivity contribution in [2.45, 2.75) is 368 Å². The van der Waals surface area contributed by atoms with Crippen LogP contribution in [0.2, 0.25) is 0 Å². The van der Waals surface area contributed by atoms with Crippen LogP contribution in [0.4, 0.5) is 0 Å². The van der Waals surface area contributed by atoms with E-state index in [0.717, 1.165) is 102 Å². The molecule has 0 aliphatic rings. The highest BCUT2D eigenvalue weighted by molar-refractivity contribution is 7.47. The molecule has 0 saturated carbocycles. The van der Waals surface area contributed by atoms with Gasteiger partial charge in [-0.25, -0.2) is 9.13 Å². The van der Waals surface area contributed by atoms with Gasteiger partial charge in [-0.1, -0.05) is 298 Å². The Labute approximate surface area is 530 Å². The second kappa shape index (κ2) is 61.6. The minimum absolute atomic E-state index is 0.107. The van der Waals surface area contributed by atoms with E-state index < -0.39 is 97.5 Å². The highest BCUT2D eigenvalue weighted by Crippen LogP contribution is 2.45. The topological polar surface area (TPSA) is 237 Å². The number of rotatable bonds is 68. The molecule has 0 saturated heterocycles. The fraction of sp³-hybridized carbons (Fsp3) is 0.941. The minimum atomic E-state index is -4.95. The molecule has 5 atom stereocenters. The van der Waals surface area contributed by atoms with Gasteiger partial charge in [0.2, 0.25) is 0 Å². The maximum absolute atomic E-state index is 13.0. The van der Waals surface area contributed by atoms with Gasteiger partial charge >= 0.3 is 39.5 Å². The van der Waals surface area contributed by atoms with E-state index in [9.17, 15) is 43.2 Å². The lowest BCUT2D eigenvalue weighted by Crippen LogP contribution is -2.30. The average molecular weight is 1280 g/mol. The molecule has 516 valence electrons. The zero-order valence-electron chi connectivity index (χ0n) is 56.2. The van der Waals surface area contributed by atoms with E-state index >= 15 is 0 Å². The van der Waals surface area contributed by atoms with Crippen molar-refractivity contribution in [3.8, 4) is 0 Å². The first-order valence-electron chi connectivity index (χ1n) is 35.6. The molecule has 0 rings (SSSR count). The number of phosphoric acid groups is 2. The Balaban J connectivity index is 5.16. The second-order valence-corrected chi connectivity index (χ2v) is 27.9. The first kappa shape index (κ1) is 85.1. The van der Waals surface area contributed by atoms with Crippen LogP contribution >= 0.6 is 15.6 Å². The monoisotopic (exact) mass is 1280 g/mol. The van der Waals surface area contributed by atoms with E-state index in [1.807, 2.05) is 0 Å².